The monoisotopic (exact) mass is 387 g/mol. The van der Waals surface area contributed by atoms with Crippen LogP contribution in [0.15, 0.2) is 42.5 Å². The lowest BCUT2D eigenvalue weighted by atomic mass is 9.85. The van der Waals surface area contributed by atoms with Crippen molar-refractivity contribution >= 4 is 17.6 Å². The molecule has 5 rings (SSSR count). The normalized spacial score (nSPS) is 28.5. The molecule has 1 saturated carbocycles. The van der Waals surface area contributed by atoms with Crippen LogP contribution in [0, 0.1) is 23.7 Å². The molecule has 0 spiro atoms. The Labute approximate surface area is 158 Å². The molecule has 1 saturated heterocycles. The zero-order valence-electron chi connectivity index (χ0n) is 14.8. The number of benzene rings is 1. The van der Waals surface area contributed by atoms with Gasteiger partial charge in [-0.3, -0.25) is 14.3 Å². The zero-order chi connectivity index (χ0) is 19.8. The molecule has 2 aliphatic carbocycles. The quantitative estimate of drug-likeness (QED) is 0.586. The molecule has 28 heavy (non-hydrogen) atoms. The first-order valence-corrected chi connectivity index (χ1v) is 9.04. The first kappa shape index (κ1) is 17.2. The maximum atomic E-state index is 13.7. The minimum Gasteiger partial charge on any atom is -0.274 e. The number of anilines is 1. The summed E-state index contributed by atoms with van der Waals surface area (Å²) in [6.45, 7) is 0. The van der Waals surface area contributed by atoms with E-state index in [-0.39, 0.29) is 28.8 Å². The molecule has 4 unspecified atom stereocenters. The van der Waals surface area contributed by atoms with Gasteiger partial charge in [0.1, 0.15) is 5.82 Å². The number of hydrogen-bond donors (Lipinski definition) is 0. The summed E-state index contributed by atoms with van der Waals surface area (Å²) >= 11 is 0. The van der Waals surface area contributed by atoms with Crippen molar-refractivity contribution in [3.63, 3.8) is 0 Å². The van der Waals surface area contributed by atoms with Gasteiger partial charge in [-0.15, -0.1) is 0 Å². The Bertz CT molecular complexity index is 995. The number of fused-ring (bicyclic) bond motifs is 5. The van der Waals surface area contributed by atoms with E-state index < -0.39 is 35.5 Å². The fourth-order valence-corrected chi connectivity index (χ4v) is 4.95. The van der Waals surface area contributed by atoms with E-state index in [4.69, 9.17) is 0 Å². The lowest BCUT2D eigenvalue weighted by molar-refractivity contribution is -0.141. The zero-order valence-corrected chi connectivity index (χ0v) is 14.8. The van der Waals surface area contributed by atoms with E-state index in [0.29, 0.717) is 0 Å². The Hall–Kier alpha value is -2.90. The molecule has 2 bridgehead atoms. The molecule has 1 aliphatic heterocycles. The van der Waals surface area contributed by atoms with Crippen LogP contribution in [0.5, 0.6) is 0 Å². The smallest absolute Gasteiger partial charge is 0.274 e. The van der Waals surface area contributed by atoms with E-state index in [1.807, 2.05) is 12.2 Å². The number of aryl methyl sites for hydroxylation is 1. The van der Waals surface area contributed by atoms with Gasteiger partial charge in [-0.1, -0.05) is 42.5 Å². The summed E-state index contributed by atoms with van der Waals surface area (Å²) in [7, 11) is 1.33. The molecule has 0 radical (unpaired) electrons. The highest BCUT2D eigenvalue weighted by Crippen LogP contribution is 2.54. The van der Waals surface area contributed by atoms with Crippen LogP contribution in [0.3, 0.4) is 0 Å². The third-order valence-corrected chi connectivity index (χ3v) is 6.03. The fourth-order valence-electron chi connectivity index (χ4n) is 4.95. The second kappa shape index (κ2) is 5.56. The number of allylic oxidation sites excluding steroid dienone is 2. The van der Waals surface area contributed by atoms with Crippen LogP contribution in [-0.4, -0.2) is 21.6 Å². The molecular weight excluding hydrogens is 371 g/mol. The lowest BCUT2D eigenvalue weighted by Gasteiger charge is -2.19. The van der Waals surface area contributed by atoms with Gasteiger partial charge in [0.25, 0.3) is 0 Å². The first-order valence-electron chi connectivity index (χ1n) is 9.04. The lowest BCUT2D eigenvalue weighted by Crippen LogP contribution is -2.34. The summed E-state index contributed by atoms with van der Waals surface area (Å²) in [6.07, 6.45) is -0.0686. The Morgan fingerprint density at radius 1 is 1.00 bits per heavy atom. The molecule has 2 heterocycles. The van der Waals surface area contributed by atoms with Crippen LogP contribution in [0.4, 0.5) is 19.0 Å². The highest BCUT2D eigenvalue weighted by atomic mass is 19.4. The summed E-state index contributed by atoms with van der Waals surface area (Å²) in [5, 5.41) is 3.65. The molecule has 2 amide bonds. The molecule has 4 atom stereocenters. The highest BCUT2D eigenvalue weighted by molar-refractivity contribution is 6.23. The van der Waals surface area contributed by atoms with E-state index in [2.05, 4.69) is 5.10 Å². The van der Waals surface area contributed by atoms with Crippen LogP contribution >= 0.6 is 0 Å². The van der Waals surface area contributed by atoms with Crippen LogP contribution in [0.2, 0.25) is 0 Å². The summed E-state index contributed by atoms with van der Waals surface area (Å²) in [5.41, 5.74) is -1.08. The van der Waals surface area contributed by atoms with Gasteiger partial charge in [0, 0.05) is 7.05 Å². The number of aromatic nitrogens is 2. The number of carbonyl (C=O) groups is 2. The topological polar surface area (TPSA) is 55.2 Å². The number of rotatable bonds is 2. The summed E-state index contributed by atoms with van der Waals surface area (Å²) in [4.78, 5) is 27.2. The highest BCUT2D eigenvalue weighted by Gasteiger charge is 2.60. The van der Waals surface area contributed by atoms with Gasteiger partial charge in [0.15, 0.2) is 5.69 Å². The number of alkyl halides is 3. The third-order valence-electron chi connectivity index (χ3n) is 6.03. The van der Waals surface area contributed by atoms with Crippen molar-refractivity contribution in [3.8, 4) is 11.1 Å². The Kier molecular flexibility index (Phi) is 3.42. The Morgan fingerprint density at radius 3 is 2.11 bits per heavy atom. The van der Waals surface area contributed by atoms with Gasteiger partial charge >= 0.3 is 6.18 Å². The molecule has 1 aromatic heterocycles. The maximum Gasteiger partial charge on any atom is 0.435 e. The molecule has 3 aliphatic rings. The molecule has 144 valence electrons. The van der Waals surface area contributed by atoms with E-state index in [9.17, 15) is 22.8 Å². The average molecular weight is 387 g/mol. The van der Waals surface area contributed by atoms with Gasteiger partial charge in [0.2, 0.25) is 11.8 Å². The van der Waals surface area contributed by atoms with Crippen molar-refractivity contribution in [1.82, 2.24) is 9.78 Å². The van der Waals surface area contributed by atoms with Crippen molar-refractivity contribution in [3.05, 3.63) is 48.2 Å². The standard InChI is InChI=1S/C20H16F3N3O2/c1-25-17(15(10-5-3-2-4-6-10)16(24-25)20(21,22)23)26-18(27)13-11-7-8-12(9-11)14(13)19(26)28/h2-8,11-14H,9H2,1H3. The van der Waals surface area contributed by atoms with E-state index in [1.165, 1.54) is 19.2 Å². The number of carbonyl (C=O) groups excluding carboxylic acids is 2. The number of halogens is 3. The summed E-state index contributed by atoms with van der Waals surface area (Å²) < 4.78 is 42.1. The van der Waals surface area contributed by atoms with E-state index in [1.54, 1.807) is 18.2 Å². The minimum absolute atomic E-state index is 0.0214. The fraction of sp³-hybridized carbons (Fsp3) is 0.350. The van der Waals surface area contributed by atoms with Gasteiger partial charge in [-0.2, -0.15) is 18.3 Å². The molecule has 5 nitrogen and oxygen atoms in total. The van der Waals surface area contributed by atoms with Gasteiger partial charge in [-0.25, -0.2) is 4.90 Å². The second-order valence-corrected chi connectivity index (χ2v) is 7.55. The largest absolute Gasteiger partial charge is 0.435 e. The second-order valence-electron chi connectivity index (χ2n) is 7.55. The minimum atomic E-state index is -4.72. The Balaban J connectivity index is 1.70. The van der Waals surface area contributed by atoms with Gasteiger partial charge in [0.05, 0.1) is 17.4 Å². The maximum absolute atomic E-state index is 13.7. The summed E-state index contributed by atoms with van der Waals surface area (Å²) in [5.74, 6) is -1.99. The number of hydrogen-bond acceptors (Lipinski definition) is 3. The first-order chi connectivity index (χ1) is 13.3. The molecule has 8 heteroatoms. The Morgan fingerprint density at radius 2 is 1.57 bits per heavy atom. The molecular formula is C20H16F3N3O2. The van der Waals surface area contributed by atoms with E-state index >= 15 is 0 Å². The average Bonchev–Trinajstić information content (AvgIpc) is 3.39. The van der Waals surface area contributed by atoms with E-state index in [0.717, 1.165) is 16.0 Å². The van der Waals surface area contributed by atoms with Crippen molar-refractivity contribution in [2.24, 2.45) is 30.7 Å². The molecule has 2 fully saturated rings. The van der Waals surface area contributed by atoms with Crippen molar-refractivity contribution in [2.75, 3.05) is 4.90 Å². The van der Waals surface area contributed by atoms with Crippen LogP contribution in [0.1, 0.15) is 12.1 Å². The molecule has 0 N–H and O–H groups in total. The predicted molar refractivity (Wildman–Crippen MR) is 93.9 cm³/mol. The third kappa shape index (κ3) is 2.17. The van der Waals surface area contributed by atoms with Crippen LogP contribution < -0.4 is 4.90 Å². The molecule has 1 aromatic carbocycles. The summed E-state index contributed by atoms with van der Waals surface area (Å²) in [6, 6.07) is 7.95. The SMILES string of the molecule is Cn1nc(C(F)(F)F)c(-c2ccccc2)c1N1C(=O)C2C3C=CC(C3)C2C1=O. The predicted octanol–water partition coefficient (Wildman–Crippen LogP) is 3.42. The van der Waals surface area contributed by atoms with Crippen LogP contribution in [-0.2, 0) is 22.8 Å². The van der Waals surface area contributed by atoms with Crippen LogP contribution in [0.25, 0.3) is 11.1 Å². The van der Waals surface area contributed by atoms with Gasteiger partial charge < -0.3 is 0 Å². The number of nitrogens with zero attached hydrogens (tertiary/aromatic N) is 3. The number of imide groups is 1. The molecule has 2 aromatic rings. The van der Waals surface area contributed by atoms with Crippen molar-refractivity contribution in [1.29, 1.82) is 0 Å². The number of amides is 2. The van der Waals surface area contributed by atoms with Gasteiger partial charge in [-0.05, 0) is 23.8 Å². The van der Waals surface area contributed by atoms with Crippen molar-refractivity contribution in [2.45, 2.75) is 12.6 Å². The van der Waals surface area contributed by atoms with Crippen molar-refractivity contribution < 1.29 is 22.8 Å².